The first kappa shape index (κ1) is 22.6. The molecule has 1 amide bonds. The summed E-state index contributed by atoms with van der Waals surface area (Å²) in [6.07, 6.45) is -3.24. The Bertz CT molecular complexity index is 1050. The minimum Gasteiger partial charge on any atom is -0.396 e. The van der Waals surface area contributed by atoms with Crippen LogP contribution in [0.3, 0.4) is 0 Å². The molecule has 1 unspecified atom stereocenters. The molecule has 1 aromatic heterocycles. The summed E-state index contributed by atoms with van der Waals surface area (Å²) in [5.74, 6) is -0.0715. The molecular formula is C23H24F3N3O2S. The Hall–Kier alpha value is -2.57. The summed E-state index contributed by atoms with van der Waals surface area (Å²) in [5, 5.41) is 20.9. The summed E-state index contributed by atoms with van der Waals surface area (Å²) in [5.41, 5.74) is -0.172. The second-order valence-corrected chi connectivity index (χ2v) is 9.60. The van der Waals surface area contributed by atoms with Crippen molar-refractivity contribution in [2.45, 2.75) is 25.9 Å². The average Bonchev–Trinajstić information content (AvgIpc) is 3.36. The van der Waals surface area contributed by atoms with Crippen LogP contribution in [0.2, 0.25) is 0 Å². The molecule has 2 saturated heterocycles. The van der Waals surface area contributed by atoms with E-state index in [4.69, 9.17) is 5.26 Å². The Labute approximate surface area is 188 Å². The van der Waals surface area contributed by atoms with Crippen molar-refractivity contribution in [3.63, 3.8) is 0 Å². The van der Waals surface area contributed by atoms with Crippen LogP contribution in [0.4, 0.5) is 18.9 Å². The molecule has 32 heavy (non-hydrogen) atoms. The molecule has 1 atom stereocenters. The summed E-state index contributed by atoms with van der Waals surface area (Å²) < 4.78 is 40.0. The topological polar surface area (TPSA) is 67.6 Å². The molecule has 5 nitrogen and oxygen atoms in total. The number of halogens is 3. The lowest BCUT2D eigenvalue weighted by atomic mass is 9.71. The Balaban J connectivity index is 1.51. The van der Waals surface area contributed by atoms with Crippen molar-refractivity contribution in [2.75, 3.05) is 37.7 Å². The van der Waals surface area contributed by atoms with Gasteiger partial charge in [0.1, 0.15) is 0 Å². The number of anilines is 1. The number of amides is 1. The predicted octanol–water partition coefficient (Wildman–Crippen LogP) is 4.30. The van der Waals surface area contributed by atoms with Crippen LogP contribution in [0.5, 0.6) is 0 Å². The van der Waals surface area contributed by atoms with E-state index in [0.717, 1.165) is 11.6 Å². The van der Waals surface area contributed by atoms with Crippen molar-refractivity contribution >= 4 is 22.9 Å². The fourth-order valence-corrected chi connectivity index (χ4v) is 5.90. The van der Waals surface area contributed by atoms with E-state index in [9.17, 15) is 23.1 Å². The van der Waals surface area contributed by atoms with Crippen LogP contribution >= 0.6 is 11.3 Å². The molecule has 2 aliphatic rings. The zero-order valence-electron chi connectivity index (χ0n) is 17.7. The average molecular weight is 464 g/mol. The van der Waals surface area contributed by atoms with E-state index in [-0.39, 0.29) is 29.4 Å². The van der Waals surface area contributed by atoms with Gasteiger partial charge in [-0.1, -0.05) is 0 Å². The van der Waals surface area contributed by atoms with E-state index in [1.54, 1.807) is 12.1 Å². The van der Waals surface area contributed by atoms with Crippen LogP contribution in [0.25, 0.3) is 0 Å². The van der Waals surface area contributed by atoms with Gasteiger partial charge in [0.05, 0.1) is 22.1 Å². The summed E-state index contributed by atoms with van der Waals surface area (Å²) >= 11 is 1.42. The first-order valence-electron chi connectivity index (χ1n) is 10.5. The van der Waals surface area contributed by atoms with Gasteiger partial charge in [-0.3, -0.25) is 4.79 Å². The normalized spacial score (nSPS) is 20.6. The van der Waals surface area contributed by atoms with Crippen LogP contribution in [-0.2, 0) is 6.18 Å². The Morgan fingerprint density at radius 1 is 1.31 bits per heavy atom. The Kier molecular flexibility index (Phi) is 5.94. The molecule has 4 rings (SSSR count). The van der Waals surface area contributed by atoms with E-state index in [2.05, 4.69) is 0 Å². The zero-order chi connectivity index (χ0) is 23.1. The number of hydrogen-bond acceptors (Lipinski definition) is 5. The number of alkyl halides is 3. The number of aryl methyl sites for hydroxylation is 1. The fraction of sp³-hybridized carbons (Fsp3) is 0.478. The van der Waals surface area contributed by atoms with Crippen LogP contribution < -0.4 is 4.90 Å². The molecule has 9 heteroatoms. The van der Waals surface area contributed by atoms with E-state index in [1.165, 1.54) is 17.4 Å². The Morgan fingerprint density at radius 3 is 2.59 bits per heavy atom. The number of likely N-dealkylation sites (tertiary alicyclic amines) is 1. The van der Waals surface area contributed by atoms with Gasteiger partial charge in [0.2, 0.25) is 0 Å². The maximum atomic E-state index is 13.3. The quantitative estimate of drug-likeness (QED) is 0.737. The summed E-state index contributed by atoms with van der Waals surface area (Å²) in [6.45, 7) is 3.97. The minimum absolute atomic E-state index is 0.0165. The van der Waals surface area contributed by atoms with Gasteiger partial charge >= 0.3 is 6.18 Å². The second-order valence-electron chi connectivity index (χ2n) is 8.69. The van der Waals surface area contributed by atoms with Crippen molar-refractivity contribution in [1.29, 1.82) is 5.26 Å². The molecule has 1 spiro atoms. The van der Waals surface area contributed by atoms with Crippen molar-refractivity contribution in [1.82, 2.24) is 4.90 Å². The van der Waals surface area contributed by atoms with Crippen LogP contribution in [-0.4, -0.2) is 48.7 Å². The molecule has 1 aromatic carbocycles. The lowest BCUT2D eigenvalue weighted by molar-refractivity contribution is -0.137. The van der Waals surface area contributed by atoms with E-state index in [1.807, 2.05) is 28.2 Å². The number of thiophene rings is 1. The van der Waals surface area contributed by atoms with Gasteiger partial charge in [-0.15, -0.1) is 11.3 Å². The molecule has 0 bridgehead atoms. The number of nitriles is 1. The largest absolute Gasteiger partial charge is 0.417 e. The molecule has 170 valence electrons. The number of benzene rings is 1. The third kappa shape index (κ3) is 3.97. The van der Waals surface area contributed by atoms with Crippen molar-refractivity contribution in [2.24, 2.45) is 11.3 Å². The smallest absolute Gasteiger partial charge is 0.396 e. The second kappa shape index (κ2) is 8.41. The molecule has 2 aliphatic heterocycles. The third-order valence-electron chi connectivity index (χ3n) is 6.93. The SMILES string of the molecule is Cc1ccsc1C(=O)N1CC(CO)C2(CCN(c3ccc(C#N)c(C(F)(F)F)c3)CC2)C1. The zero-order valence-corrected chi connectivity index (χ0v) is 18.5. The van der Waals surface area contributed by atoms with Crippen LogP contribution in [0.1, 0.15) is 39.2 Å². The highest BCUT2D eigenvalue weighted by molar-refractivity contribution is 7.12. The number of piperidine rings is 1. The molecule has 1 N–H and O–H groups in total. The molecule has 2 aromatic rings. The number of carbonyl (C=O) groups is 1. The van der Waals surface area contributed by atoms with Gasteiger partial charge < -0.3 is 14.9 Å². The predicted molar refractivity (Wildman–Crippen MR) is 116 cm³/mol. The van der Waals surface area contributed by atoms with Crippen LogP contribution in [0, 0.1) is 29.6 Å². The maximum Gasteiger partial charge on any atom is 0.417 e. The van der Waals surface area contributed by atoms with Gasteiger partial charge in [-0.05, 0) is 60.4 Å². The number of hydrogen-bond donors (Lipinski definition) is 1. The van der Waals surface area contributed by atoms with Gasteiger partial charge in [-0.25, -0.2) is 0 Å². The van der Waals surface area contributed by atoms with Crippen molar-refractivity contribution in [3.8, 4) is 6.07 Å². The number of aliphatic hydroxyl groups is 1. The fourth-order valence-electron chi connectivity index (χ4n) is 5.01. The number of nitrogens with zero attached hydrogens (tertiary/aromatic N) is 3. The molecule has 2 fully saturated rings. The molecule has 0 aliphatic carbocycles. The molecule has 0 saturated carbocycles. The molecule has 3 heterocycles. The van der Waals surface area contributed by atoms with E-state index < -0.39 is 11.7 Å². The van der Waals surface area contributed by atoms with E-state index in [0.29, 0.717) is 49.6 Å². The van der Waals surface area contributed by atoms with Gasteiger partial charge in [0, 0.05) is 44.4 Å². The van der Waals surface area contributed by atoms with Gasteiger partial charge in [0.15, 0.2) is 0 Å². The van der Waals surface area contributed by atoms with E-state index >= 15 is 0 Å². The van der Waals surface area contributed by atoms with Gasteiger partial charge in [0.25, 0.3) is 5.91 Å². The highest BCUT2D eigenvalue weighted by atomic mass is 32.1. The lowest BCUT2D eigenvalue weighted by Crippen LogP contribution is -2.45. The number of aliphatic hydroxyl groups excluding tert-OH is 1. The van der Waals surface area contributed by atoms with Gasteiger partial charge in [-0.2, -0.15) is 18.4 Å². The number of carbonyl (C=O) groups excluding carboxylic acids is 1. The summed E-state index contributed by atoms with van der Waals surface area (Å²) in [4.78, 5) is 17.4. The van der Waals surface area contributed by atoms with Crippen molar-refractivity contribution < 1.29 is 23.1 Å². The number of rotatable bonds is 3. The monoisotopic (exact) mass is 463 g/mol. The van der Waals surface area contributed by atoms with Crippen LogP contribution in [0.15, 0.2) is 29.6 Å². The molecular weight excluding hydrogens is 439 g/mol. The highest BCUT2D eigenvalue weighted by Gasteiger charge is 2.49. The third-order valence-corrected chi connectivity index (χ3v) is 7.93. The van der Waals surface area contributed by atoms with Crippen molar-refractivity contribution in [3.05, 3.63) is 51.2 Å². The minimum atomic E-state index is -4.59. The molecule has 0 radical (unpaired) electrons. The highest BCUT2D eigenvalue weighted by Crippen LogP contribution is 2.46. The summed E-state index contributed by atoms with van der Waals surface area (Å²) in [6, 6.07) is 7.35. The first-order valence-corrected chi connectivity index (χ1v) is 11.4. The standard InChI is InChI=1S/C23H24F3N3O2S/c1-15-4-9-32-20(15)21(31)29-12-17(13-30)22(14-29)5-7-28(8-6-22)18-3-2-16(11-27)19(10-18)23(24,25)26/h2-4,9-10,17,30H,5-8,12-14H2,1H3. The first-order chi connectivity index (χ1) is 15.2. The lowest BCUT2D eigenvalue weighted by Gasteiger charge is -2.43. The summed E-state index contributed by atoms with van der Waals surface area (Å²) in [7, 11) is 0. The maximum absolute atomic E-state index is 13.3. The Morgan fingerprint density at radius 2 is 2.03 bits per heavy atom.